The summed E-state index contributed by atoms with van der Waals surface area (Å²) in [7, 11) is 0. The van der Waals surface area contributed by atoms with E-state index in [2.05, 4.69) is 15.6 Å². The lowest BCUT2D eigenvalue weighted by Crippen LogP contribution is -2.35. The Morgan fingerprint density at radius 1 is 0.970 bits per heavy atom. The van der Waals surface area contributed by atoms with Crippen LogP contribution in [-0.2, 0) is 20.9 Å². The molecule has 172 valence electrons. The fourth-order valence-electron chi connectivity index (χ4n) is 2.47. The highest BCUT2D eigenvalue weighted by molar-refractivity contribution is 7.13. The van der Waals surface area contributed by atoms with E-state index < -0.39 is 54.1 Å². The van der Waals surface area contributed by atoms with Crippen LogP contribution >= 0.6 is 11.3 Å². The summed E-state index contributed by atoms with van der Waals surface area (Å²) in [4.78, 5) is 39.7. The summed E-state index contributed by atoms with van der Waals surface area (Å²) in [5.41, 5.74) is 0.458. The third-order valence-corrected chi connectivity index (χ3v) is 4.89. The minimum atomic E-state index is -1.73. The summed E-state index contributed by atoms with van der Waals surface area (Å²) in [6, 6.07) is 11.1. The zero-order chi connectivity index (χ0) is 23.8. The smallest absolute Gasteiger partial charge is 0.358 e. The van der Waals surface area contributed by atoms with Gasteiger partial charge in [0.05, 0.1) is 12.2 Å². The predicted octanol–water partition coefficient (Wildman–Crippen LogP) is 3.08. The largest absolute Gasteiger partial charge is 0.451 e. The lowest BCUT2D eigenvalue weighted by molar-refractivity contribution is -0.126. The fraction of sp³-hybridized carbons (Fsp3) is 0.143. The van der Waals surface area contributed by atoms with Crippen LogP contribution in [0.5, 0.6) is 0 Å². The molecule has 0 aliphatic rings. The van der Waals surface area contributed by atoms with E-state index in [1.54, 1.807) is 0 Å². The first-order chi connectivity index (χ1) is 15.8. The van der Waals surface area contributed by atoms with Crippen molar-refractivity contribution in [3.05, 3.63) is 76.6 Å². The van der Waals surface area contributed by atoms with Gasteiger partial charge < -0.3 is 20.7 Å². The Labute approximate surface area is 189 Å². The van der Waals surface area contributed by atoms with E-state index in [-0.39, 0.29) is 5.69 Å². The molecule has 8 nitrogen and oxygen atoms in total. The highest BCUT2D eigenvalue weighted by Crippen LogP contribution is 2.19. The Balaban J connectivity index is 1.40. The first-order valence-corrected chi connectivity index (χ1v) is 10.3. The van der Waals surface area contributed by atoms with Crippen LogP contribution in [0.4, 0.5) is 24.0 Å². The number of hydrogen-bond donors (Lipinski definition) is 3. The van der Waals surface area contributed by atoms with Crippen molar-refractivity contribution in [2.24, 2.45) is 0 Å². The van der Waals surface area contributed by atoms with Crippen LogP contribution in [0, 0.1) is 17.5 Å². The van der Waals surface area contributed by atoms with Gasteiger partial charge in [-0.1, -0.05) is 30.3 Å². The number of anilines is 2. The SMILES string of the molecule is O=C(COC(=O)c1csc(NCc2ccccc2)n1)NCC(=O)Nc1ccc(F)c(F)c1F. The molecule has 0 atom stereocenters. The summed E-state index contributed by atoms with van der Waals surface area (Å²) < 4.78 is 44.5. The average Bonchev–Trinajstić information content (AvgIpc) is 3.30. The Morgan fingerprint density at radius 2 is 1.73 bits per heavy atom. The summed E-state index contributed by atoms with van der Waals surface area (Å²) in [6.07, 6.45) is 0. The second kappa shape index (κ2) is 11.1. The van der Waals surface area contributed by atoms with Crippen LogP contribution in [0.25, 0.3) is 0 Å². The number of halogens is 3. The van der Waals surface area contributed by atoms with Gasteiger partial charge >= 0.3 is 5.97 Å². The summed E-state index contributed by atoms with van der Waals surface area (Å²) in [5.74, 6) is -7.23. The van der Waals surface area contributed by atoms with Gasteiger partial charge in [-0.3, -0.25) is 9.59 Å². The third kappa shape index (κ3) is 6.77. The summed E-state index contributed by atoms with van der Waals surface area (Å²) in [6.45, 7) is -0.781. The van der Waals surface area contributed by atoms with Crippen LogP contribution in [0.2, 0.25) is 0 Å². The quantitative estimate of drug-likeness (QED) is 0.322. The van der Waals surface area contributed by atoms with Crippen molar-refractivity contribution in [1.82, 2.24) is 10.3 Å². The molecule has 3 aromatic rings. The predicted molar refractivity (Wildman–Crippen MR) is 114 cm³/mol. The zero-order valence-corrected chi connectivity index (χ0v) is 17.7. The average molecular weight is 478 g/mol. The molecule has 0 fully saturated rings. The number of rotatable bonds is 9. The molecule has 0 aliphatic heterocycles. The molecule has 2 aromatic carbocycles. The monoisotopic (exact) mass is 478 g/mol. The van der Waals surface area contributed by atoms with E-state index in [0.717, 1.165) is 11.6 Å². The molecule has 33 heavy (non-hydrogen) atoms. The van der Waals surface area contributed by atoms with E-state index >= 15 is 0 Å². The van der Waals surface area contributed by atoms with Gasteiger partial charge in [0.15, 0.2) is 34.9 Å². The second-order valence-electron chi connectivity index (χ2n) is 6.50. The molecule has 3 rings (SSSR count). The maximum absolute atomic E-state index is 13.5. The lowest BCUT2D eigenvalue weighted by atomic mass is 10.2. The number of carbonyl (C=O) groups excluding carboxylic acids is 3. The van der Waals surface area contributed by atoms with Crippen molar-refractivity contribution in [3.8, 4) is 0 Å². The van der Waals surface area contributed by atoms with Gasteiger partial charge in [-0.2, -0.15) is 0 Å². The van der Waals surface area contributed by atoms with Crippen molar-refractivity contribution in [2.75, 3.05) is 23.8 Å². The zero-order valence-electron chi connectivity index (χ0n) is 16.9. The van der Waals surface area contributed by atoms with Crippen molar-refractivity contribution >= 4 is 39.9 Å². The lowest BCUT2D eigenvalue weighted by Gasteiger charge is -2.08. The van der Waals surface area contributed by atoms with Gasteiger partial charge in [-0.05, 0) is 17.7 Å². The van der Waals surface area contributed by atoms with Crippen molar-refractivity contribution in [2.45, 2.75) is 6.54 Å². The number of hydrogen-bond acceptors (Lipinski definition) is 7. The van der Waals surface area contributed by atoms with Gasteiger partial charge in [0, 0.05) is 11.9 Å². The minimum absolute atomic E-state index is 0.00918. The van der Waals surface area contributed by atoms with E-state index in [9.17, 15) is 27.6 Å². The first kappa shape index (κ1) is 23.7. The molecule has 0 saturated carbocycles. The summed E-state index contributed by atoms with van der Waals surface area (Å²) >= 11 is 1.19. The number of nitrogens with zero attached hydrogens (tertiary/aromatic N) is 1. The molecular weight excluding hydrogens is 461 g/mol. The number of amides is 2. The Morgan fingerprint density at radius 3 is 2.48 bits per heavy atom. The van der Waals surface area contributed by atoms with E-state index in [1.807, 2.05) is 35.6 Å². The Kier molecular flexibility index (Phi) is 7.97. The molecule has 3 N–H and O–H groups in total. The molecule has 0 saturated heterocycles. The van der Waals surface area contributed by atoms with Crippen molar-refractivity contribution < 1.29 is 32.3 Å². The number of esters is 1. The highest BCUT2D eigenvalue weighted by Gasteiger charge is 2.17. The molecule has 1 aromatic heterocycles. The fourth-order valence-corrected chi connectivity index (χ4v) is 3.15. The van der Waals surface area contributed by atoms with Gasteiger partial charge in [-0.25, -0.2) is 22.9 Å². The second-order valence-corrected chi connectivity index (χ2v) is 7.36. The maximum Gasteiger partial charge on any atom is 0.358 e. The van der Waals surface area contributed by atoms with Crippen molar-refractivity contribution in [3.63, 3.8) is 0 Å². The van der Waals surface area contributed by atoms with Crippen LogP contribution < -0.4 is 16.0 Å². The number of carbonyl (C=O) groups is 3. The molecule has 0 spiro atoms. The normalized spacial score (nSPS) is 10.4. The summed E-state index contributed by atoms with van der Waals surface area (Å²) in [5, 5.41) is 9.18. The number of nitrogens with one attached hydrogen (secondary N) is 3. The van der Waals surface area contributed by atoms with Crippen molar-refractivity contribution in [1.29, 1.82) is 0 Å². The van der Waals surface area contributed by atoms with Crippen LogP contribution in [0.1, 0.15) is 16.1 Å². The molecule has 1 heterocycles. The molecule has 0 radical (unpaired) electrons. The Hall–Kier alpha value is -3.93. The molecule has 0 aliphatic carbocycles. The highest BCUT2D eigenvalue weighted by atomic mass is 32.1. The maximum atomic E-state index is 13.5. The van der Waals surface area contributed by atoms with Gasteiger partial charge in [-0.15, -0.1) is 11.3 Å². The van der Waals surface area contributed by atoms with E-state index in [0.29, 0.717) is 17.7 Å². The van der Waals surface area contributed by atoms with Gasteiger partial charge in [0.25, 0.3) is 5.91 Å². The third-order valence-electron chi connectivity index (χ3n) is 4.09. The molecule has 0 unspecified atom stereocenters. The van der Waals surface area contributed by atoms with Crippen LogP contribution in [0.3, 0.4) is 0 Å². The number of aromatic nitrogens is 1. The first-order valence-electron chi connectivity index (χ1n) is 9.44. The van der Waals surface area contributed by atoms with Crippen LogP contribution in [0.15, 0.2) is 47.8 Å². The van der Waals surface area contributed by atoms with Gasteiger partial charge in [0.1, 0.15) is 0 Å². The van der Waals surface area contributed by atoms with E-state index in [4.69, 9.17) is 4.74 Å². The van der Waals surface area contributed by atoms with Gasteiger partial charge in [0.2, 0.25) is 5.91 Å². The molecule has 0 bridgehead atoms. The van der Waals surface area contributed by atoms with Crippen LogP contribution in [-0.4, -0.2) is 35.9 Å². The Bertz CT molecular complexity index is 1160. The molecule has 2 amide bonds. The van der Waals surface area contributed by atoms with E-state index in [1.165, 1.54) is 16.7 Å². The number of thiazole rings is 1. The standard InChI is InChI=1S/C21H17F3N4O4S/c22-13-6-7-14(19(24)18(13)23)27-16(29)9-25-17(30)10-32-20(31)15-11-33-21(28-15)26-8-12-4-2-1-3-5-12/h1-7,11H,8-10H2,(H,25,30)(H,26,28)(H,27,29). The molecule has 12 heteroatoms. The minimum Gasteiger partial charge on any atom is -0.451 e. The topological polar surface area (TPSA) is 109 Å². The molecular formula is C21H17F3N4O4S. The number of ether oxygens (including phenoxy) is 1. The number of benzene rings is 2.